The second-order valence-corrected chi connectivity index (χ2v) is 4.10. The van der Waals surface area contributed by atoms with E-state index in [1.54, 1.807) is 0 Å². The molecule has 1 aromatic rings. The highest BCUT2D eigenvalue weighted by Crippen LogP contribution is 2.36. The number of carbonyl (C=O) groups excluding carboxylic acids is 1. The van der Waals surface area contributed by atoms with Crippen molar-refractivity contribution in [3.8, 4) is 0 Å². The molecule has 1 aliphatic rings. The number of carbonyl (C=O) groups is 1. The predicted octanol–water partition coefficient (Wildman–Crippen LogP) is 2.89. The molecule has 15 heavy (non-hydrogen) atoms. The Morgan fingerprint density at radius 1 is 1.27 bits per heavy atom. The van der Waals surface area contributed by atoms with Crippen LogP contribution < -0.4 is 0 Å². The number of benzene rings is 1. The van der Waals surface area contributed by atoms with Crippen LogP contribution in [0.4, 0.5) is 0 Å². The highest BCUT2D eigenvalue weighted by Gasteiger charge is 2.30. The molecule has 0 heterocycles. The summed E-state index contributed by atoms with van der Waals surface area (Å²) in [6, 6.07) is 10.3. The van der Waals surface area contributed by atoms with Gasteiger partial charge in [-0.25, -0.2) is 0 Å². The zero-order valence-electron chi connectivity index (χ0n) is 8.98. The summed E-state index contributed by atoms with van der Waals surface area (Å²) in [4.78, 5) is 11.0. The van der Waals surface area contributed by atoms with Crippen LogP contribution in [-0.4, -0.2) is 12.1 Å². The predicted molar refractivity (Wildman–Crippen MR) is 58.6 cm³/mol. The Morgan fingerprint density at radius 3 is 2.67 bits per heavy atom. The van der Waals surface area contributed by atoms with Crippen molar-refractivity contribution in [3.63, 3.8) is 0 Å². The minimum absolute atomic E-state index is 0.0879. The molecule has 2 nitrogen and oxygen atoms in total. The molecule has 0 aliphatic heterocycles. The fraction of sp³-hybridized carbons (Fsp3) is 0.462. The summed E-state index contributed by atoms with van der Waals surface area (Å²) in [6.07, 6.45) is 3.36. The van der Waals surface area contributed by atoms with Gasteiger partial charge < -0.3 is 4.74 Å². The molecule has 2 unspecified atom stereocenters. The van der Waals surface area contributed by atoms with E-state index in [9.17, 15) is 4.79 Å². The van der Waals surface area contributed by atoms with E-state index >= 15 is 0 Å². The van der Waals surface area contributed by atoms with Crippen LogP contribution in [0.15, 0.2) is 30.3 Å². The van der Waals surface area contributed by atoms with E-state index in [0.29, 0.717) is 5.92 Å². The molecule has 0 bridgehead atoms. The maximum Gasteiger partial charge on any atom is 0.302 e. The Bertz CT molecular complexity index is 332. The van der Waals surface area contributed by atoms with Crippen LogP contribution in [0, 0.1) is 0 Å². The van der Waals surface area contributed by atoms with Crippen LogP contribution in [0.5, 0.6) is 0 Å². The van der Waals surface area contributed by atoms with E-state index in [2.05, 4.69) is 12.1 Å². The van der Waals surface area contributed by atoms with Crippen LogP contribution in [0.3, 0.4) is 0 Å². The second-order valence-electron chi connectivity index (χ2n) is 4.10. The number of rotatable bonds is 2. The van der Waals surface area contributed by atoms with Crippen molar-refractivity contribution >= 4 is 5.97 Å². The average molecular weight is 204 g/mol. The molecule has 0 amide bonds. The van der Waals surface area contributed by atoms with Crippen molar-refractivity contribution in [1.82, 2.24) is 0 Å². The monoisotopic (exact) mass is 204 g/mol. The summed E-state index contributed by atoms with van der Waals surface area (Å²) in [5, 5.41) is 0. The third-order valence-corrected chi connectivity index (χ3v) is 3.00. The molecule has 1 aromatic carbocycles. The van der Waals surface area contributed by atoms with Crippen LogP contribution in [0.2, 0.25) is 0 Å². The van der Waals surface area contributed by atoms with Crippen molar-refractivity contribution in [2.24, 2.45) is 0 Å². The molecule has 1 aliphatic carbocycles. The number of esters is 1. The van der Waals surface area contributed by atoms with Gasteiger partial charge in [0.15, 0.2) is 0 Å². The zero-order chi connectivity index (χ0) is 10.7. The molecule has 0 radical (unpaired) electrons. The van der Waals surface area contributed by atoms with E-state index in [1.165, 1.54) is 12.5 Å². The molecule has 0 aromatic heterocycles. The van der Waals surface area contributed by atoms with E-state index in [4.69, 9.17) is 4.74 Å². The standard InChI is InChI=1S/C13H16O2/c1-10(14)15-13-9-5-8-12(13)11-6-3-2-4-7-11/h2-4,6-7,12-13H,5,8-9H2,1H3. The topological polar surface area (TPSA) is 26.3 Å². The average Bonchev–Trinajstić information content (AvgIpc) is 2.66. The normalized spacial score (nSPS) is 25.1. The van der Waals surface area contributed by atoms with Crippen LogP contribution in [-0.2, 0) is 9.53 Å². The smallest absolute Gasteiger partial charge is 0.302 e. The number of hydrogen-bond donors (Lipinski definition) is 0. The number of ether oxygens (including phenoxy) is 1. The van der Waals surface area contributed by atoms with Crippen molar-refractivity contribution < 1.29 is 9.53 Å². The zero-order valence-corrected chi connectivity index (χ0v) is 8.98. The summed E-state index contributed by atoms with van der Waals surface area (Å²) in [7, 11) is 0. The Balaban J connectivity index is 2.11. The van der Waals surface area contributed by atoms with Gasteiger partial charge in [-0.2, -0.15) is 0 Å². The van der Waals surface area contributed by atoms with Gasteiger partial charge in [0.25, 0.3) is 0 Å². The molecule has 2 heteroatoms. The molecular weight excluding hydrogens is 188 g/mol. The molecule has 0 saturated heterocycles. The molecular formula is C13H16O2. The van der Waals surface area contributed by atoms with Gasteiger partial charge in [0.2, 0.25) is 0 Å². The summed E-state index contributed by atoms with van der Waals surface area (Å²) < 4.78 is 5.34. The summed E-state index contributed by atoms with van der Waals surface area (Å²) >= 11 is 0. The number of hydrogen-bond acceptors (Lipinski definition) is 2. The second kappa shape index (κ2) is 4.47. The molecule has 80 valence electrons. The van der Waals surface area contributed by atoms with Gasteiger partial charge in [-0.15, -0.1) is 0 Å². The van der Waals surface area contributed by atoms with E-state index in [-0.39, 0.29) is 12.1 Å². The van der Waals surface area contributed by atoms with Gasteiger partial charge >= 0.3 is 5.97 Å². The third-order valence-electron chi connectivity index (χ3n) is 3.00. The first-order valence-corrected chi connectivity index (χ1v) is 5.49. The van der Waals surface area contributed by atoms with Gasteiger partial charge in [0.1, 0.15) is 6.10 Å². The molecule has 1 saturated carbocycles. The lowest BCUT2D eigenvalue weighted by molar-refractivity contribution is -0.146. The largest absolute Gasteiger partial charge is 0.462 e. The highest BCUT2D eigenvalue weighted by molar-refractivity contribution is 5.66. The molecule has 0 N–H and O–H groups in total. The van der Waals surface area contributed by atoms with Crippen LogP contribution >= 0.6 is 0 Å². The Morgan fingerprint density at radius 2 is 2.00 bits per heavy atom. The highest BCUT2D eigenvalue weighted by atomic mass is 16.5. The lowest BCUT2D eigenvalue weighted by Gasteiger charge is -2.19. The van der Waals surface area contributed by atoms with Gasteiger partial charge in [-0.05, 0) is 24.8 Å². The maximum atomic E-state index is 11.0. The Hall–Kier alpha value is -1.31. The van der Waals surface area contributed by atoms with Crippen molar-refractivity contribution in [3.05, 3.63) is 35.9 Å². The quantitative estimate of drug-likeness (QED) is 0.692. The van der Waals surface area contributed by atoms with E-state index in [1.807, 2.05) is 18.2 Å². The summed E-state index contributed by atoms with van der Waals surface area (Å²) in [5.74, 6) is 0.234. The van der Waals surface area contributed by atoms with Gasteiger partial charge in [0, 0.05) is 12.8 Å². The SMILES string of the molecule is CC(=O)OC1CCCC1c1ccccc1. The van der Waals surface area contributed by atoms with Crippen LogP contribution in [0.1, 0.15) is 37.7 Å². The van der Waals surface area contributed by atoms with Crippen molar-refractivity contribution in [1.29, 1.82) is 0 Å². The van der Waals surface area contributed by atoms with Crippen molar-refractivity contribution in [2.75, 3.05) is 0 Å². The van der Waals surface area contributed by atoms with E-state index in [0.717, 1.165) is 19.3 Å². The van der Waals surface area contributed by atoms with Crippen molar-refractivity contribution in [2.45, 2.75) is 38.2 Å². The first kappa shape index (κ1) is 10.2. The molecule has 2 rings (SSSR count). The molecule has 1 fully saturated rings. The van der Waals surface area contributed by atoms with Gasteiger partial charge in [0.05, 0.1) is 0 Å². The fourth-order valence-electron chi connectivity index (χ4n) is 2.36. The minimum atomic E-state index is -0.164. The Kier molecular flexibility index (Phi) is 3.05. The summed E-state index contributed by atoms with van der Waals surface area (Å²) in [5.41, 5.74) is 1.29. The third kappa shape index (κ3) is 2.38. The molecule has 2 atom stereocenters. The van der Waals surface area contributed by atoms with Gasteiger partial charge in [-0.3, -0.25) is 4.79 Å². The van der Waals surface area contributed by atoms with E-state index < -0.39 is 0 Å². The fourth-order valence-corrected chi connectivity index (χ4v) is 2.36. The molecule has 0 spiro atoms. The minimum Gasteiger partial charge on any atom is -0.462 e. The lowest BCUT2D eigenvalue weighted by atomic mass is 9.96. The Labute approximate surface area is 90.3 Å². The summed E-state index contributed by atoms with van der Waals surface area (Å²) in [6.45, 7) is 1.49. The first-order chi connectivity index (χ1) is 7.27. The van der Waals surface area contributed by atoms with Crippen LogP contribution in [0.25, 0.3) is 0 Å². The maximum absolute atomic E-state index is 11.0. The lowest BCUT2D eigenvalue weighted by Crippen LogP contribution is -2.19. The van der Waals surface area contributed by atoms with Gasteiger partial charge in [-0.1, -0.05) is 30.3 Å². The first-order valence-electron chi connectivity index (χ1n) is 5.49.